The Morgan fingerprint density at radius 2 is 1.85 bits per heavy atom. The minimum absolute atomic E-state index is 0.270. The van der Waals surface area contributed by atoms with Crippen molar-refractivity contribution in [3.63, 3.8) is 0 Å². The highest BCUT2D eigenvalue weighted by Crippen LogP contribution is 2.23. The van der Waals surface area contributed by atoms with Gasteiger partial charge in [-0.1, -0.05) is 35.4 Å². The number of hydrogen-bond acceptors (Lipinski definition) is 4. The summed E-state index contributed by atoms with van der Waals surface area (Å²) in [7, 11) is 0. The van der Waals surface area contributed by atoms with Gasteiger partial charge in [-0.3, -0.25) is 4.79 Å². The number of nitrogens with one attached hydrogen (secondary N) is 2. The van der Waals surface area contributed by atoms with E-state index in [9.17, 15) is 4.79 Å². The Labute approximate surface area is 157 Å². The van der Waals surface area contributed by atoms with Crippen LogP contribution in [0.1, 0.15) is 27.2 Å². The largest absolute Gasteiger partial charge is 0.324 e. The van der Waals surface area contributed by atoms with E-state index in [2.05, 4.69) is 26.7 Å². The summed E-state index contributed by atoms with van der Waals surface area (Å²) in [4.78, 5) is 21.0. The van der Waals surface area contributed by atoms with Crippen LogP contribution in [-0.2, 0) is 0 Å². The van der Waals surface area contributed by atoms with Crippen LogP contribution in [0.3, 0.4) is 0 Å². The van der Waals surface area contributed by atoms with Crippen LogP contribution in [0.25, 0.3) is 0 Å². The number of benzene rings is 2. The van der Waals surface area contributed by atoms with E-state index < -0.39 is 0 Å². The molecule has 1 amide bonds. The molecule has 0 fully saturated rings. The second kappa shape index (κ2) is 7.54. The van der Waals surface area contributed by atoms with Crippen LogP contribution in [0.4, 0.5) is 17.3 Å². The SMILES string of the molecule is Cc1ccc(Nc2nccc(C(=O)Nc3cccc(Cl)c3C)n2)c(C)c1. The van der Waals surface area contributed by atoms with Gasteiger partial charge in [-0.25, -0.2) is 9.97 Å². The van der Waals surface area contributed by atoms with Gasteiger partial charge in [-0.2, -0.15) is 0 Å². The normalized spacial score (nSPS) is 10.5. The lowest BCUT2D eigenvalue weighted by Gasteiger charge is -2.11. The zero-order valence-electron chi connectivity index (χ0n) is 14.8. The minimum Gasteiger partial charge on any atom is -0.324 e. The average Bonchev–Trinajstić information content (AvgIpc) is 2.61. The Kier molecular flexibility index (Phi) is 5.19. The predicted molar refractivity (Wildman–Crippen MR) is 105 cm³/mol. The molecule has 132 valence electrons. The maximum absolute atomic E-state index is 12.5. The number of aromatic nitrogens is 2. The molecule has 0 bridgehead atoms. The third-order valence-corrected chi connectivity index (χ3v) is 4.44. The van der Waals surface area contributed by atoms with E-state index in [1.807, 2.05) is 32.9 Å². The topological polar surface area (TPSA) is 66.9 Å². The summed E-state index contributed by atoms with van der Waals surface area (Å²) in [6.45, 7) is 5.90. The van der Waals surface area contributed by atoms with E-state index >= 15 is 0 Å². The molecule has 0 atom stereocenters. The molecule has 0 aliphatic heterocycles. The summed E-state index contributed by atoms with van der Waals surface area (Å²) in [6.07, 6.45) is 1.55. The number of hydrogen-bond donors (Lipinski definition) is 2. The molecular weight excluding hydrogens is 348 g/mol. The van der Waals surface area contributed by atoms with Crippen LogP contribution in [0.15, 0.2) is 48.7 Å². The van der Waals surface area contributed by atoms with Gasteiger partial charge in [0.05, 0.1) is 0 Å². The van der Waals surface area contributed by atoms with Crippen LogP contribution in [-0.4, -0.2) is 15.9 Å². The molecule has 0 radical (unpaired) electrons. The molecule has 0 aliphatic carbocycles. The van der Waals surface area contributed by atoms with Crippen LogP contribution in [0, 0.1) is 20.8 Å². The van der Waals surface area contributed by atoms with Crippen LogP contribution < -0.4 is 10.6 Å². The zero-order chi connectivity index (χ0) is 18.7. The monoisotopic (exact) mass is 366 g/mol. The fraction of sp³-hybridized carbons (Fsp3) is 0.150. The molecule has 0 spiro atoms. The summed E-state index contributed by atoms with van der Waals surface area (Å²) in [5.74, 6) is 0.0499. The number of halogens is 1. The predicted octanol–water partition coefficient (Wildman–Crippen LogP) is 5.05. The minimum atomic E-state index is -0.318. The Bertz CT molecular complexity index is 972. The summed E-state index contributed by atoms with van der Waals surface area (Å²) < 4.78 is 0. The smallest absolute Gasteiger partial charge is 0.274 e. The van der Waals surface area contributed by atoms with Crippen molar-refractivity contribution in [3.8, 4) is 0 Å². The lowest BCUT2D eigenvalue weighted by atomic mass is 10.1. The van der Waals surface area contributed by atoms with Crippen molar-refractivity contribution in [2.45, 2.75) is 20.8 Å². The molecule has 5 nitrogen and oxygen atoms in total. The molecule has 1 heterocycles. The Balaban J connectivity index is 1.80. The van der Waals surface area contributed by atoms with Gasteiger partial charge in [-0.05, 0) is 56.2 Å². The molecule has 2 aromatic carbocycles. The van der Waals surface area contributed by atoms with Gasteiger partial charge in [0.25, 0.3) is 5.91 Å². The summed E-state index contributed by atoms with van der Waals surface area (Å²) in [5, 5.41) is 6.59. The number of rotatable bonds is 4. The fourth-order valence-corrected chi connectivity index (χ4v) is 2.72. The quantitative estimate of drug-likeness (QED) is 0.678. The van der Waals surface area contributed by atoms with E-state index in [1.165, 1.54) is 5.56 Å². The molecule has 26 heavy (non-hydrogen) atoms. The molecule has 1 aromatic heterocycles. The van der Waals surface area contributed by atoms with Crippen LogP contribution in [0.2, 0.25) is 5.02 Å². The molecular formula is C20H19ClN4O. The Morgan fingerprint density at radius 1 is 1.04 bits per heavy atom. The second-order valence-corrected chi connectivity index (χ2v) is 6.48. The number of nitrogens with zero attached hydrogens (tertiary/aromatic N) is 2. The van der Waals surface area contributed by atoms with Gasteiger partial charge in [0.15, 0.2) is 0 Å². The van der Waals surface area contributed by atoms with E-state index in [4.69, 9.17) is 11.6 Å². The first-order chi connectivity index (χ1) is 12.4. The standard InChI is InChI=1S/C20H19ClN4O/c1-12-7-8-16(13(2)11-12)24-20-22-10-9-18(25-20)19(26)23-17-6-4-5-15(21)14(17)3/h4-11H,1-3H3,(H,23,26)(H,22,24,25). The first-order valence-electron chi connectivity index (χ1n) is 8.18. The lowest BCUT2D eigenvalue weighted by Crippen LogP contribution is -2.15. The first-order valence-corrected chi connectivity index (χ1v) is 8.55. The van der Waals surface area contributed by atoms with Gasteiger partial charge < -0.3 is 10.6 Å². The molecule has 2 N–H and O–H groups in total. The average molecular weight is 367 g/mol. The third kappa shape index (κ3) is 4.00. The van der Waals surface area contributed by atoms with Crippen molar-refractivity contribution >= 4 is 34.8 Å². The highest BCUT2D eigenvalue weighted by Gasteiger charge is 2.12. The third-order valence-electron chi connectivity index (χ3n) is 4.03. The van der Waals surface area contributed by atoms with Gasteiger partial charge in [0.1, 0.15) is 5.69 Å². The molecule has 0 aliphatic rings. The van der Waals surface area contributed by atoms with E-state index in [0.717, 1.165) is 16.8 Å². The number of carbonyl (C=O) groups is 1. The highest BCUT2D eigenvalue weighted by atomic mass is 35.5. The second-order valence-electron chi connectivity index (χ2n) is 6.08. The Hall–Kier alpha value is -2.92. The number of aryl methyl sites for hydroxylation is 2. The number of anilines is 3. The highest BCUT2D eigenvalue weighted by molar-refractivity contribution is 6.31. The van der Waals surface area contributed by atoms with Crippen molar-refractivity contribution in [1.29, 1.82) is 0 Å². The molecule has 0 unspecified atom stereocenters. The molecule has 3 aromatic rings. The summed E-state index contributed by atoms with van der Waals surface area (Å²) in [6, 6.07) is 13.0. The Morgan fingerprint density at radius 3 is 2.62 bits per heavy atom. The number of amides is 1. The maximum atomic E-state index is 12.5. The van der Waals surface area contributed by atoms with Gasteiger partial charge in [0, 0.05) is 22.6 Å². The van der Waals surface area contributed by atoms with Gasteiger partial charge in [-0.15, -0.1) is 0 Å². The summed E-state index contributed by atoms with van der Waals surface area (Å²) >= 11 is 6.10. The van der Waals surface area contributed by atoms with Crippen molar-refractivity contribution in [2.24, 2.45) is 0 Å². The van der Waals surface area contributed by atoms with Crippen molar-refractivity contribution < 1.29 is 4.79 Å². The van der Waals surface area contributed by atoms with Gasteiger partial charge >= 0.3 is 0 Å². The van der Waals surface area contributed by atoms with Gasteiger partial charge in [0.2, 0.25) is 5.95 Å². The fourth-order valence-electron chi connectivity index (χ4n) is 2.55. The zero-order valence-corrected chi connectivity index (χ0v) is 15.6. The van der Waals surface area contributed by atoms with Crippen molar-refractivity contribution in [2.75, 3.05) is 10.6 Å². The molecule has 0 saturated carbocycles. The lowest BCUT2D eigenvalue weighted by molar-refractivity contribution is 0.102. The molecule has 6 heteroatoms. The van der Waals surface area contributed by atoms with E-state index in [0.29, 0.717) is 16.7 Å². The van der Waals surface area contributed by atoms with Crippen molar-refractivity contribution in [3.05, 3.63) is 76.1 Å². The van der Waals surface area contributed by atoms with E-state index in [1.54, 1.807) is 30.5 Å². The first kappa shape index (κ1) is 17.9. The van der Waals surface area contributed by atoms with Crippen LogP contribution >= 0.6 is 11.6 Å². The maximum Gasteiger partial charge on any atom is 0.274 e. The van der Waals surface area contributed by atoms with E-state index in [-0.39, 0.29) is 11.6 Å². The van der Waals surface area contributed by atoms with Crippen LogP contribution in [0.5, 0.6) is 0 Å². The molecule has 3 rings (SSSR count). The summed E-state index contributed by atoms with van der Waals surface area (Å²) in [5.41, 5.74) is 4.90. The van der Waals surface area contributed by atoms with Crippen molar-refractivity contribution in [1.82, 2.24) is 9.97 Å². The molecule has 0 saturated heterocycles. The number of carbonyl (C=O) groups excluding carboxylic acids is 1.